The molecule has 0 fully saturated rings. The van der Waals surface area contributed by atoms with E-state index in [4.69, 9.17) is 4.55 Å². The summed E-state index contributed by atoms with van der Waals surface area (Å²) in [5, 5.41) is 2.79. The zero-order chi connectivity index (χ0) is 10.1. The lowest BCUT2D eigenvalue weighted by molar-refractivity contribution is -0.114. The van der Waals surface area contributed by atoms with Crippen molar-refractivity contribution in [2.75, 3.05) is 5.32 Å². The van der Waals surface area contributed by atoms with Gasteiger partial charge in [0.2, 0.25) is 5.91 Å². The van der Waals surface area contributed by atoms with Gasteiger partial charge in [0.1, 0.15) is 4.21 Å². The summed E-state index contributed by atoms with van der Waals surface area (Å²) in [6.07, 6.45) is 0. The molecule has 0 saturated heterocycles. The molecule has 0 aromatic carbocycles. The van der Waals surface area contributed by atoms with E-state index < -0.39 is 10.1 Å². The van der Waals surface area contributed by atoms with Crippen LogP contribution < -0.4 is 5.32 Å². The second-order valence-electron chi connectivity index (χ2n) is 2.27. The highest BCUT2D eigenvalue weighted by Crippen LogP contribution is 2.25. The summed E-state index contributed by atoms with van der Waals surface area (Å²) in [5.41, 5.74) is 0. The van der Waals surface area contributed by atoms with Gasteiger partial charge in [0.15, 0.2) is 0 Å². The molecular weight excluding hydrogens is 214 g/mol. The molecular formula is C6H7NO4S2. The molecule has 0 bridgehead atoms. The van der Waals surface area contributed by atoms with E-state index in [0.717, 1.165) is 11.3 Å². The Kier molecular flexibility index (Phi) is 2.69. The van der Waals surface area contributed by atoms with Gasteiger partial charge in [0.05, 0.1) is 5.00 Å². The first-order valence-electron chi connectivity index (χ1n) is 3.24. The zero-order valence-electron chi connectivity index (χ0n) is 6.64. The van der Waals surface area contributed by atoms with Crippen molar-refractivity contribution in [2.24, 2.45) is 0 Å². The van der Waals surface area contributed by atoms with Crippen LogP contribution >= 0.6 is 11.3 Å². The highest BCUT2D eigenvalue weighted by Gasteiger charge is 2.12. The van der Waals surface area contributed by atoms with Crippen LogP contribution in [0.5, 0.6) is 0 Å². The Hall–Kier alpha value is -0.920. The monoisotopic (exact) mass is 221 g/mol. The van der Waals surface area contributed by atoms with Crippen LogP contribution in [0.4, 0.5) is 5.00 Å². The molecule has 0 aliphatic heterocycles. The number of thiophene rings is 1. The topological polar surface area (TPSA) is 83.5 Å². The van der Waals surface area contributed by atoms with E-state index >= 15 is 0 Å². The Morgan fingerprint density at radius 3 is 2.54 bits per heavy atom. The maximum atomic E-state index is 10.6. The van der Waals surface area contributed by atoms with Gasteiger partial charge >= 0.3 is 10.1 Å². The first kappa shape index (κ1) is 10.2. The highest BCUT2D eigenvalue weighted by atomic mass is 32.3. The average molecular weight is 221 g/mol. The Morgan fingerprint density at radius 1 is 1.54 bits per heavy atom. The Balaban J connectivity index is 2.94. The van der Waals surface area contributed by atoms with Gasteiger partial charge < -0.3 is 5.32 Å². The fraction of sp³-hybridized carbons (Fsp3) is 0.167. The van der Waals surface area contributed by atoms with Gasteiger partial charge in [-0.2, -0.15) is 8.42 Å². The fourth-order valence-electron chi connectivity index (χ4n) is 0.699. The molecule has 13 heavy (non-hydrogen) atoms. The van der Waals surface area contributed by atoms with Crippen LogP contribution in [0.25, 0.3) is 0 Å². The maximum Gasteiger partial charge on any atom is 0.304 e. The predicted octanol–water partition coefficient (Wildman–Crippen LogP) is 0.953. The molecule has 5 nitrogen and oxygen atoms in total. The van der Waals surface area contributed by atoms with Gasteiger partial charge in [-0.25, -0.2) is 0 Å². The van der Waals surface area contributed by atoms with Crippen molar-refractivity contribution in [2.45, 2.75) is 11.1 Å². The second kappa shape index (κ2) is 3.44. The van der Waals surface area contributed by atoms with Gasteiger partial charge in [-0.3, -0.25) is 9.35 Å². The molecule has 1 aromatic rings. The standard InChI is InChI=1S/C6H7NO4S2/c1-4(8)7-5-2-3-6(12-5)13(9,10)11/h2-3H,1H3,(H,7,8)(H,9,10,11). The molecule has 0 saturated carbocycles. The van der Waals surface area contributed by atoms with E-state index in [0.29, 0.717) is 5.00 Å². The van der Waals surface area contributed by atoms with E-state index in [1.165, 1.54) is 19.1 Å². The van der Waals surface area contributed by atoms with Crippen molar-refractivity contribution in [1.82, 2.24) is 0 Å². The Morgan fingerprint density at radius 2 is 2.15 bits per heavy atom. The summed E-state index contributed by atoms with van der Waals surface area (Å²) in [5.74, 6) is -0.288. The molecule has 1 amide bonds. The quantitative estimate of drug-likeness (QED) is 0.728. The number of rotatable bonds is 2. The lowest BCUT2D eigenvalue weighted by Gasteiger charge is -1.93. The first-order chi connectivity index (χ1) is 5.89. The third kappa shape index (κ3) is 2.79. The lowest BCUT2D eigenvalue weighted by Crippen LogP contribution is -2.03. The average Bonchev–Trinajstić information content (AvgIpc) is 2.32. The van der Waals surface area contributed by atoms with Crippen LogP contribution in [-0.4, -0.2) is 18.9 Å². The summed E-state index contributed by atoms with van der Waals surface area (Å²) < 4.78 is 29.6. The second-order valence-corrected chi connectivity index (χ2v) is 5.01. The van der Waals surface area contributed by atoms with Crippen LogP contribution in [0.2, 0.25) is 0 Å². The fourth-order valence-corrected chi connectivity index (χ4v) is 2.31. The van der Waals surface area contributed by atoms with Gasteiger partial charge in [-0.05, 0) is 12.1 Å². The summed E-state index contributed by atoms with van der Waals surface area (Å²) in [4.78, 5) is 10.6. The lowest BCUT2D eigenvalue weighted by atomic mass is 10.6. The largest absolute Gasteiger partial charge is 0.318 e. The minimum Gasteiger partial charge on any atom is -0.318 e. The number of carbonyl (C=O) groups excluding carboxylic acids is 1. The third-order valence-corrected chi connectivity index (χ3v) is 3.46. The molecule has 1 aromatic heterocycles. The summed E-state index contributed by atoms with van der Waals surface area (Å²) in [6, 6.07) is 2.64. The minimum absolute atomic E-state index is 0.184. The van der Waals surface area contributed by atoms with E-state index in [1.807, 2.05) is 0 Å². The van der Waals surface area contributed by atoms with Gasteiger partial charge in [0, 0.05) is 6.92 Å². The molecule has 0 radical (unpaired) electrons. The van der Waals surface area contributed by atoms with E-state index in [-0.39, 0.29) is 10.1 Å². The number of hydrogen-bond donors (Lipinski definition) is 2. The molecule has 2 N–H and O–H groups in total. The summed E-state index contributed by atoms with van der Waals surface area (Å²) in [6.45, 7) is 1.31. The number of anilines is 1. The van der Waals surface area contributed by atoms with Crippen molar-refractivity contribution in [3.8, 4) is 0 Å². The van der Waals surface area contributed by atoms with E-state index in [1.54, 1.807) is 0 Å². The summed E-state index contributed by atoms with van der Waals surface area (Å²) >= 11 is 0.798. The normalized spacial score (nSPS) is 11.2. The number of hydrogen-bond acceptors (Lipinski definition) is 4. The SMILES string of the molecule is CC(=O)Nc1ccc(S(=O)(=O)O)s1. The molecule has 0 aliphatic carbocycles. The highest BCUT2D eigenvalue weighted by molar-refractivity contribution is 7.88. The smallest absolute Gasteiger partial charge is 0.304 e. The first-order valence-corrected chi connectivity index (χ1v) is 5.50. The van der Waals surface area contributed by atoms with Crippen molar-refractivity contribution in [3.63, 3.8) is 0 Å². The van der Waals surface area contributed by atoms with E-state index in [9.17, 15) is 13.2 Å². The van der Waals surface area contributed by atoms with Crippen molar-refractivity contribution in [3.05, 3.63) is 12.1 Å². The Bertz CT molecular complexity index is 420. The molecule has 0 aliphatic rings. The van der Waals surface area contributed by atoms with Crippen LogP contribution in [0, 0.1) is 0 Å². The maximum absolute atomic E-state index is 10.6. The zero-order valence-corrected chi connectivity index (χ0v) is 8.28. The molecule has 7 heteroatoms. The number of nitrogens with one attached hydrogen (secondary N) is 1. The van der Waals surface area contributed by atoms with Crippen LogP contribution in [0.3, 0.4) is 0 Å². The molecule has 0 unspecified atom stereocenters. The van der Waals surface area contributed by atoms with Crippen molar-refractivity contribution < 1.29 is 17.8 Å². The molecule has 0 atom stereocenters. The molecule has 0 spiro atoms. The van der Waals surface area contributed by atoms with Crippen LogP contribution in [0.15, 0.2) is 16.3 Å². The van der Waals surface area contributed by atoms with Gasteiger partial charge in [-0.15, -0.1) is 11.3 Å². The third-order valence-electron chi connectivity index (χ3n) is 1.13. The number of carbonyl (C=O) groups is 1. The van der Waals surface area contributed by atoms with Gasteiger partial charge in [-0.1, -0.05) is 0 Å². The van der Waals surface area contributed by atoms with Crippen molar-refractivity contribution >= 4 is 32.4 Å². The van der Waals surface area contributed by atoms with E-state index in [2.05, 4.69) is 5.32 Å². The number of amides is 1. The molecule has 72 valence electrons. The van der Waals surface area contributed by atoms with Crippen molar-refractivity contribution in [1.29, 1.82) is 0 Å². The van der Waals surface area contributed by atoms with Crippen LogP contribution in [0.1, 0.15) is 6.92 Å². The van der Waals surface area contributed by atoms with Gasteiger partial charge in [0.25, 0.3) is 0 Å². The predicted molar refractivity (Wildman–Crippen MR) is 48.4 cm³/mol. The minimum atomic E-state index is -4.15. The molecule has 1 heterocycles. The molecule has 1 rings (SSSR count). The Labute approximate surface area is 79.1 Å². The summed E-state index contributed by atoms with van der Waals surface area (Å²) in [7, 11) is -4.15. The van der Waals surface area contributed by atoms with Crippen LogP contribution in [-0.2, 0) is 14.9 Å².